The van der Waals surface area contributed by atoms with Crippen molar-refractivity contribution in [1.29, 1.82) is 0 Å². The first-order valence-electron chi connectivity index (χ1n) is 9.11. The molecule has 0 bridgehead atoms. The van der Waals surface area contributed by atoms with E-state index in [1.165, 1.54) is 12.1 Å². The summed E-state index contributed by atoms with van der Waals surface area (Å²) in [5.74, 6) is -0.380. The van der Waals surface area contributed by atoms with Gasteiger partial charge in [-0.1, -0.05) is 18.2 Å². The fraction of sp³-hybridized carbons (Fsp3) is 0.250. The minimum absolute atomic E-state index is 0.0763. The van der Waals surface area contributed by atoms with Crippen molar-refractivity contribution in [1.82, 2.24) is 24.7 Å². The molecular formula is C20H20FN5O2. The molecule has 0 aliphatic carbocycles. The molecule has 1 aliphatic heterocycles. The summed E-state index contributed by atoms with van der Waals surface area (Å²) in [7, 11) is 0. The summed E-state index contributed by atoms with van der Waals surface area (Å²) in [6.45, 7) is 2.18. The number of carbonyl (C=O) groups is 2. The molecule has 7 nitrogen and oxygen atoms in total. The largest absolute Gasteiger partial charge is 0.335 e. The van der Waals surface area contributed by atoms with E-state index in [0.717, 1.165) is 11.1 Å². The van der Waals surface area contributed by atoms with Crippen molar-refractivity contribution in [3.8, 4) is 0 Å². The Kier molecular flexibility index (Phi) is 4.92. The van der Waals surface area contributed by atoms with E-state index in [9.17, 15) is 14.0 Å². The van der Waals surface area contributed by atoms with Crippen LogP contribution < -0.4 is 5.32 Å². The van der Waals surface area contributed by atoms with Crippen molar-refractivity contribution in [3.05, 3.63) is 71.8 Å². The molecule has 1 N–H and O–H groups in total. The quantitative estimate of drug-likeness (QED) is 0.756. The molecule has 3 aromatic rings. The fourth-order valence-electron chi connectivity index (χ4n) is 3.27. The zero-order valence-electron chi connectivity index (χ0n) is 15.2. The molecule has 0 spiro atoms. The second-order valence-corrected chi connectivity index (χ2v) is 6.65. The van der Waals surface area contributed by atoms with Crippen molar-refractivity contribution in [2.45, 2.75) is 6.54 Å². The van der Waals surface area contributed by atoms with E-state index >= 15 is 0 Å². The molecule has 0 radical (unpaired) electrons. The van der Waals surface area contributed by atoms with Gasteiger partial charge >= 0.3 is 6.03 Å². The van der Waals surface area contributed by atoms with Crippen molar-refractivity contribution in [3.63, 3.8) is 0 Å². The number of nitrogens with zero attached hydrogens (tertiary/aromatic N) is 4. The summed E-state index contributed by atoms with van der Waals surface area (Å²) in [5.41, 5.74) is 2.17. The molecule has 0 unspecified atom stereocenters. The number of amides is 3. The molecule has 1 saturated heterocycles. The fourth-order valence-corrected chi connectivity index (χ4v) is 3.27. The smallest absolute Gasteiger partial charge is 0.317 e. The van der Waals surface area contributed by atoms with Gasteiger partial charge in [0.25, 0.3) is 5.91 Å². The van der Waals surface area contributed by atoms with Crippen LogP contribution in [0.2, 0.25) is 0 Å². The van der Waals surface area contributed by atoms with Crippen LogP contribution in [0.5, 0.6) is 0 Å². The third-order valence-electron chi connectivity index (χ3n) is 4.87. The maximum Gasteiger partial charge on any atom is 0.317 e. The van der Waals surface area contributed by atoms with Crippen LogP contribution in [0.4, 0.5) is 9.18 Å². The van der Waals surface area contributed by atoms with E-state index in [4.69, 9.17) is 0 Å². The van der Waals surface area contributed by atoms with Gasteiger partial charge in [0.2, 0.25) is 0 Å². The topological polar surface area (TPSA) is 70.0 Å². The highest BCUT2D eigenvalue weighted by Crippen LogP contribution is 2.14. The normalized spacial score (nSPS) is 14.3. The molecule has 3 heterocycles. The monoisotopic (exact) mass is 381 g/mol. The number of nitrogens with one attached hydrogen (secondary N) is 1. The van der Waals surface area contributed by atoms with Gasteiger partial charge < -0.3 is 15.1 Å². The predicted molar refractivity (Wildman–Crippen MR) is 101 cm³/mol. The van der Waals surface area contributed by atoms with Crippen LogP contribution in [-0.2, 0) is 6.54 Å². The lowest BCUT2D eigenvalue weighted by Crippen LogP contribution is -2.53. The summed E-state index contributed by atoms with van der Waals surface area (Å²) in [4.78, 5) is 28.6. The summed E-state index contributed by atoms with van der Waals surface area (Å²) in [5, 5.41) is 7.04. The number of hydrogen-bond donors (Lipinski definition) is 1. The van der Waals surface area contributed by atoms with Crippen molar-refractivity contribution in [2.75, 3.05) is 26.2 Å². The van der Waals surface area contributed by atoms with Crippen LogP contribution in [0, 0.1) is 5.82 Å². The van der Waals surface area contributed by atoms with Crippen LogP contribution >= 0.6 is 0 Å². The average Bonchev–Trinajstić information content (AvgIpc) is 3.17. The zero-order valence-corrected chi connectivity index (χ0v) is 15.2. The average molecular weight is 381 g/mol. The first-order chi connectivity index (χ1) is 13.6. The minimum atomic E-state index is -0.304. The van der Waals surface area contributed by atoms with Crippen LogP contribution in [0.3, 0.4) is 0 Å². The number of aromatic nitrogens is 2. The molecule has 0 saturated carbocycles. The minimum Gasteiger partial charge on any atom is -0.335 e. The lowest BCUT2D eigenvalue weighted by molar-refractivity contribution is 0.0667. The summed E-state index contributed by atoms with van der Waals surface area (Å²) >= 11 is 0. The second kappa shape index (κ2) is 7.67. The van der Waals surface area contributed by atoms with E-state index in [1.807, 2.05) is 18.2 Å². The molecule has 28 heavy (non-hydrogen) atoms. The van der Waals surface area contributed by atoms with Gasteiger partial charge in [-0.2, -0.15) is 5.10 Å². The Bertz CT molecular complexity index is 993. The Morgan fingerprint density at radius 3 is 2.46 bits per heavy atom. The summed E-state index contributed by atoms with van der Waals surface area (Å²) in [6, 6.07) is 11.4. The molecule has 1 aliphatic rings. The molecule has 0 atom stereocenters. The van der Waals surface area contributed by atoms with Gasteiger partial charge in [-0.05, 0) is 29.8 Å². The maximum absolute atomic E-state index is 12.9. The van der Waals surface area contributed by atoms with Gasteiger partial charge in [-0.3, -0.25) is 4.79 Å². The number of carbonyl (C=O) groups excluding carboxylic acids is 2. The molecule has 1 fully saturated rings. The molecule has 4 rings (SSSR count). The first-order valence-corrected chi connectivity index (χ1v) is 9.11. The van der Waals surface area contributed by atoms with Gasteiger partial charge in [-0.25, -0.2) is 13.7 Å². The molecule has 2 aromatic heterocycles. The van der Waals surface area contributed by atoms with E-state index in [2.05, 4.69) is 10.4 Å². The third-order valence-corrected chi connectivity index (χ3v) is 4.87. The number of rotatable bonds is 3. The Balaban J connectivity index is 1.32. The van der Waals surface area contributed by atoms with Gasteiger partial charge in [0.05, 0.1) is 17.3 Å². The predicted octanol–water partition coefficient (Wildman–Crippen LogP) is 2.14. The summed E-state index contributed by atoms with van der Waals surface area (Å²) in [6.07, 6.45) is 3.38. The molecule has 8 heteroatoms. The van der Waals surface area contributed by atoms with Crippen LogP contribution in [0.15, 0.2) is 54.9 Å². The maximum atomic E-state index is 12.9. The number of fused-ring (bicyclic) bond motifs is 1. The Morgan fingerprint density at radius 1 is 1.00 bits per heavy atom. The highest BCUT2D eigenvalue weighted by molar-refractivity contribution is 6.00. The number of hydrogen-bond acceptors (Lipinski definition) is 3. The van der Waals surface area contributed by atoms with Gasteiger partial charge in [0.15, 0.2) is 0 Å². The van der Waals surface area contributed by atoms with Gasteiger partial charge in [0.1, 0.15) is 5.82 Å². The van der Waals surface area contributed by atoms with Crippen LogP contribution in [0.1, 0.15) is 15.9 Å². The Morgan fingerprint density at radius 2 is 1.71 bits per heavy atom. The van der Waals surface area contributed by atoms with Crippen LogP contribution in [-0.4, -0.2) is 57.5 Å². The Hall–Kier alpha value is -3.42. The molecule has 1 aromatic carbocycles. The van der Waals surface area contributed by atoms with Crippen molar-refractivity contribution >= 4 is 17.5 Å². The van der Waals surface area contributed by atoms with E-state index in [-0.39, 0.29) is 17.8 Å². The molecule has 144 valence electrons. The van der Waals surface area contributed by atoms with E-state index in [0.29, 0.717) is 38.3 Å². The van der Waals surface area contributed by atoms with E-state index < -0.39 is 0 Å². The van der Waals surface area contributed by atoms with Crippen molar-refractivity contribution in [2.24, 2.45) is 0 Å². The lowest BCUT2D eigenvalue weighted by atomic mass is 10.2. The standard InChI is InChI=1S/C20H20FN5O2/c21-16-6-4-15(5-7-16)13-22-20(28)25-11-9-24(10-12-25)19(27)17-14-23-26-8-2-1-3-18(17)26/h1-8,14H,9-13H2,(H,22,28). The SMILES string of the molecule is O=C(NCc1ccc(F)cc1)N1CCN(C(=O)c2cnn3ccccc23)CC1. The number of urea groups is 1. The summed E-state index contributed by atoms with van der Waals surface area (Å²) < 4.78 is 14.6. The first kappa shape index (κ1) is 18.0. The van der Waals surface area contributed by atoms with Gasteiger partial charge in [0, 0.05) is 38.9 Å². The number of pyridine rings is 1. The number of benzene rings is 1. The number of piperazine rings is 1. The third kappa shape index (κ3) is 3.66. The van der Waals surface area contributed by atoms with Crippen LogP contribution in [0.25, 0.3) is 5.52 Å². The van der Waals surface area contributed by atoms with Gasteiger partial charge in [-0.15, -0.1) is 0 Å². The van der Waals surface area contributed by atoms with E-state index in [1.54, 1.807) is 38.8 Å². The highest BCUT2D eigenvalue weighted by atomic mass is 19.1. The lowest BCUT2D eigenvalue weighted by Gasteiger charge is -2.34. The Labute approximate surface area is 161 Å². The number of halogens is 1. The van der Waals surface area contributed by atoms with Crippen molar-refractivity contribution < 1.29 is 14.0 Å². The molecular weight excluding hydrogens is 361 g/mol. The second-order valence-electron chi connectivity index (χ2n) is 6.65. The highest BCUT2D eigenvalue weighted by Gasteiger charge is 2.26. The molecule has 3 amide bonds. The zero-order chi connectivity index (χ0) is 19.5.